The van der Waals surface area contributed by atoms with Gasteiger partial charge in [-0.1, -0.05) is 11.8 Å². The second kappa shape index (κ2) is 6.28. The van der Waals surface area contributed by atoms with Gasteiger partial charge in [-0.2, -0.15) is 5.26 Å². The van der Waals surface area contributed by atoms with E-state index in [0.29, 0.717) is 12.2 Å². The van der Waals surface area contributed by atoms with Crippen LogP contribution in [0.4, 0.5) is 0 Å². The van der Waals surface area contributed by atoms with Gasteiger partial charge in [0, 0.05) is 11.1 Å². The molecule has 0 atom stereocenters. The van der Waals surface area contributed by atoms with Crippen LogP contribution in [0.3, 0.4) is 0 Å². The highest BCUT2D eigenvalue weighted by molar-refractivity contribution is 5.45. The second-order valence-corrected chi connectivity index (χ2v) is 3.90. The standard InChI is InChI=1S/C17H13NO/c1-2-19-17-11-9-15(10-12-17)4-3-14-5-7-16(13-18)8-6-14/h5-12H,2H2,1H3. The molecular formula is C17H13NO. The van der Waals surface area contributed by atoms with E-state index in [4.69, 9.17) is 10.00 Å². The quantitative estimate of drug-likeness (QED) is 0.762. The Morgan fingerprint density at radius 3 is 1.79 bits per heavy atom. The molecule has 2 rings (SSSR count). The monoisotopic (exact) mass is 247 g/mol. The molecule has 0 heterocycles. The lowest BCUT2D eigenvalue weighted by Gasteiger charge is -2.01. The van der Waals surface area contributed by atoms with E-state index < -0.39 is 0 Å². The fourth-order valence-electron chi connectivity index (χ4n) is 1.57. The lowest BCUT2D eigenvalue weighted by molar-refractivity contribution is 0.340. The van der Waals surface area contributed by atoms with Crippen molar-refractivity contribution in [2.45, 2.75) is 6.92 Å². The predicted molar refractivity (Wildman–Crippen MR) is 74.7 cm³/mol. The zero-order chi connectivity index (χ0) is 13.5. The molecule has 2 heteroatoms. The molecule has 0 aromatic heterocycles. The number of nitrogens with zero attached hydrogens (tertiary/aromatic N) is 1. The summed E-state index contributed by atoms with van der Waals surface area (Å²) in [6, 6.07) is 17.0. The SMILES string of the molecule is CCOc1ccc(C#Cc2ccc(C#N)cc2)cc1. The number of hydrogen-bond donors (Lipinski definition) is 0. The molecule has 0 aliphatic carbocycles. The predicted octanol–water partition coefficient (Wildman–Crippen LogP) is 3.36. The molecule has 19 heavy (non-hydrogen) atoms. The van der Waals surface area contributed by atoms with Crippen molar-refractivity contribution >= 4 is 0 Å². The van der Waals surface area contributed by atoms with Crippen LogP contribution in [0.5, 0.6) is 5.75 Å². The molecule has 2 nitrogen and oxygen atoms in total. The first-order valence-corrected chi connectivity index (χ1v) is 6.07. The van der Waals surface area contributed by atoms with Crippen LogP contribution >= 0.6 is 0 Å². The summed E-state index contributed by atoms with van der Waals surface area (Å²) in [6.45, 7) is 2.62. The third-order valence-electron chi connectivity index (χ3n) is 2.53. The van der Waals surface area contributed by atoms with Crippen LogP contribution in [-0.4, -0.2) is 6.61 Å². The lowest BCUT2D eigenvalue weighted by atomic mass is 10.1. The zero-order valence-corrected chi connectivity index (χ0v) is 10.7. The molecule has 0 saturated carbocycles. The molecule has 0 fully saturated rings. The van der Waals surface area contributed by atoms with E-state index in [2.05, 4.69) is 17.9 Å². The number of hydrogen-bond acceptors (Lipinski definition) is 2. The van der Waals surface area contributed by atoms with Gasteiger partial charge in [-0.25, -0.2) is 0 Å². The molecule has 2 aromatic carbocycles. The molecule has 0 unspecified atom stereocenters. The number of nitriles is 1. The fourth-order valence-corrected chi connectivity index (χ4v) is 1.57. The summed E-state index contributed by atoms with van der Waals surface area (Å²) < 4.78 is 5.37. The second-order valence-electron chi connectivity index (χ2n) is 3.90. The first-order chi connectivity index (χ1) is 9.31. The zero-order valence-electron chi connectivity index (χ0n) is 10.7. The van der Waals surface area contributed by atoms with Crippen molar-refractivity contribution in [1.29, 1.82) is 5.26 Å². The van der Waals surface area contributed by atoms with Gasteiger partial charge in [-0.05, 0) is 55.5 Å². The fraction of sp³-hybridized carbons (Fsp3) is 0.118. The molecule has 0 aliphatic rings. The Balaban J connectivity index is 2.12. The minimum Gasteiger partial charge on any atom is -0.494 e. The van der Waals surface area contributed by atoms with Gasteiger partial charge in [0.2, 0.25) is 0 Å². The van der Waals surface area contributed by atoms with Crippen molar-refractivity contribution in [3.63, 3.8) is 0 Å². The Labute approximate surface area is 113 Å². The maximum atomic E-state index is 8.71. The average Bonchev–Trinajstić information content (AvgIpc) is 2.47. The maximum absolute atomic E-state index is 8.71. The Kier molecular flexibility index (Phi) is 4.21. The van der Waals surface area contributed by atoms with Crippen LogP contribution in [0.25, 0.3) is 0 Å². The Bertz CT molecular complexity index is 637. The van der Waals surface area contributed by atoms with Crippen LogP contribution in [0.2, 0.25) is 0 Å². The summed E-state index contributed by atoms with van der Waals surface area (Å²) in [5.41, 5.74) is 2.48. The van der Waals surface area contributed by atoms with Crippen LogP contribution in [0, 0.1) is 23.2 Å². The summed E-state index contributed by atoms with van der Waals surface area (Å²) in [7, 11) is 0. The van der Waals surface area contributed by atoms with E-state index in [1.807, 2.05) is 43.3 Å². The van der Waals surface area contributed by atoms with Crippen LogP contribution in [0.15, 0.2) is 48.5 Å². The molecule has 0 N–H and O–H groups in total. The molecule has 0 spiro atoms. The summed E-state index contributed by atoms with van der Waals surface area (Å²) in [6.07, 6.45) is 0. The van der Waals surface area contributed by atoms with Gasteiger partial charge in [0.05, 0.1) is 18.2 Å². The largest absolute Gasteiger partial charge is 0.494 e. The first kappa shape index (κ1) is 12.7. The van der Waals surface area contributed by atoms with Crippen LogP contribution in [-0.2, 0) is 0 Å². The topological polar surface area (TPSA) is 33.0 Å². The number of benzene rings is 2. The van der Waals surface area contributed by atoms with E-state index in [-0.39, 0.29) is 0 Å². The van der Waals surface area contributed by atoms with E-state index in [0.717, 1.165) is 16.9 Å². The van der Waals surface area contributed by atoms with Gasteiger partial charge in [0.15, 0.2) is 0 Å². The smallest absolute Gasteiger partial charge is 0.119 e. The van der Waals surface area contributed by atoms with Crippen molar-refractivity contribution in [2.24, 2.45) is 0 Å². The molecule has 0 bridgehead atoms. The van der Waals surface area contributed by atoms with Crippen molar-refractivity contribution in [2.75, 3.05) is 6.61 Å². The van der Waals surface area contributed by atoms with E-state index >= 15 is 0 Å². The Morgan fingerprint density at radius 1 is 0.842 bits per heavy atom. The van der Waals surface area contributed by atoms with Crippen LogP contribution in [0.1, 0.15) is 23.6 Å². The maximum Gasteiger partial charge on any atom is 0.119 e. The van der Waals surface area contributed by atoms with Gasteiger partial charge in [0.25, 0.3) is 0 Å². The Morgan fingerprint density at radius 2 is 1.32 bits per heavy atom. The van der Waals surface area contributed by atoms with Crippen molar-refractivity contribution in [1.82, 2.24) is 0 Å². The van der Waals surface area contributed by atoms with Gasteiger partial charge >= 0.3 is 0 Å². The highest BCUT2D eigenvalue weighted by Gasteiger charge is 1.92. The van der Waals surface area contributed by atoms with Crippen molar-refractivity contribution < 1.29 is 4.74 Å². The number of ether oxygens (including phenoxy) is 1. The summed E-state index contributed by atoms with van der Waals surface area (Å²) in [4.78, 5) is 0. The van der Waals surface area contributed by atoms with Gasteiger partial charge in [-0.3, -0.25) is 0 Å². The average molecular weight is 247 g/mol. The molecular weight excluding hydrogens is 234 g/mol. The first-order valence-electron chi connectivity index (χ1n) is 6.07. The van der Waals surface area contributed by atoms with Gasteiger partial charge in [-0.15, -0.1) is 0 Å². The molecule has 0 saturated heterocycles. The summed E-state index contributed by atoms with van der Waals surface area (Å²) in [5, 5.41) is 8.71. The van der Waals surface area contributed by atoms with Crippen molar-refractivity contribution in [3.05, 3.63) is 65.2 Å². The molecule has 2 aromatic rings. The minimum absolute atomic E-state index is 0.645. The number of rotatable bonds is 2. The van der Waals surface area contributed by atoms with Crippen molar-refractivity contribution in [3.8, 4) is 23.7 Å². The normalized spacial score (nSPS) is 9.05. The third-order valence-corrected chi connectivity index (χ3v) is 2.53. The highest BCUT2D eigenvalue weighted by Crippen LogP contribution is 2.11. The lowest BCUT2D eigenvalue weighted by Crippen LogP contribution is -1.90. The minimum atomic E-state index is 0.645. The third kappa shape index (κ3) is 3.63. The van der Waals surface area contributed by atoms with Gasteiger partial charge < -0.3 is 4.74 Å². The summed E-state index contributed by atoms with van der Waals surface area (Å²) in [5.74, 6) is 7.00. The van der Waals surface area contributed by atoms with E-state index in [1.165, 1.54) is 0 Å². The molecule has 0 radical (unpaired) electrons. The molecule has 0 amide bonds. The highest BCUT2D eigenvalue weighted by atomic mass is 16.5. The van der Waals surface area contributed by atoms with E-state index in [1.54, 1.807) is 12.1 Å². The van der Waals surface area contributed by atoms with E-state index in [9.17, 15) is 0 Å². The summed E-state index contributed by atoms with van der Waals surface area (Å²) >= 11 is 0. The Hall–Kier alpha value is -2.71. The molecule has 0 aliphatic heterocycles. The molecule has 92 valence electrons. The van der Waals surface area contributed by atoms with Gasteiger partial charge in [0.1, 0.15) is 5.75 Å². The van der Waals surface area contributed by atoms with Crippen LogP contribution < -0.4 is 4.74 Å².